The summed E-state index contributed by atoms with van der Waals surface area (Å²) in [5.74, 6) is 0. The van der Waals surface area contributed by atoms with Gasteiger partial charge >= 0.3 is 0 Å². The Morgan fingerprint density at radius 2 is 2.00 bits per heavy atom. The zero-order valence-electron chi connectivity index (χ0n) is 11.2. The highest BCUT2D eigenvalue weighted by atomic mass is 14.8. The van der Waals surface area contributed by atoms with Crippen molar-refractivity contribution in [3.8, 4) is 6.07 Å². The standard InChI is InChI=1S/C15H17N3/c1-15(2,3)11-5-6-13-12(7-11)14(17-4)10(8-16)9-18-13/h5-7,9H,1-4H3,(H,17,18). The van der Waals surface area contributed by atoms with Gasteiger partial charge in [0.1, 0.15) is 6.07 Å². The van der Waals surface area contributed by atoms with Gasteiger partial charge in [0.05, 0.1) is 16.8 Å². The second-order valence-corrected chi connectivity index (χ2v) is 5.39. The van der Waals surface area contributed by atoms with Crippen LogP contribution < -0.4 is 5.32 Å². The average molecular weight is 239 g/mol. The molecule has 3 heteroatoms. The first kappa shape index (κ1) is 12.4. The van der Waals surface area contributed by atoms with E-state index in [0.717, 1.165) is 16.6 Å². The van der Waals surface area contributed by atoms with Crippen LogP contribution in [0.15, 0.2) is 24.4 Å². The number of benzene rings is 1. The van der Waals surface area contributed by atoms with Crippen molar-refractivity contribution >= 4 is 16.6 Å². The van der Waals surface area contributed by atoms with Crippen LogP contribution in [0.1, 0.15) is 31.9 Å². The van der Waals surface area contributed by atoms with Gasteiger partial charge in [-0.1, -0.05) is 26.8 Å². The quantitative estimate of drug-likeness (QED) is 0.829. The Labute approximate surface area is 107 Å². The third-order valence-corrected chi connectivity index (χ3v) is 3.10. The summed E-state index contributed by atoms with van der Waals surface area (Å²) < 4.78 is 0. The largest absolute Gasteiger partial charge is 0.386 e. The van der Waals surface area contributed by atoms with Gasteiger partial charge in [-0.3, -0.25) is 4.98 Å². The maximum Gasteiger partial charge on any atom is 0.103 e. The fourth-order valence-corrected chi connectivity index (χ4v) is 2.01. The fourth-order valence-electron chi connectivity index (χ4n) is 2.01. The van der Waals surface area contributed by atoms with Gasteiger partial charge < -0.3 is 5.32 Å². The van der Waals surface area contributed by atoms with E-state index in [2.05, 4.69) is 49.3 Å². The van der Waals surface area contributed by atoms with E-state index >= 15 is 0 Å². The third-order valence-electron chi connectivity index (χ3n) is 3.10. The Kier molecular flexibility index (Phi) is 2.96. The molecule has 0 aliphatic heterocycles. The highest BCUT2D eigenvalue weighted by molar-refractivity contribution is 5.94. The second-order valence-electron chi connectivity index (χ2n) is 5.39. The molecule has 1 N–H and O–H groups in total. The van der Waals surface area contributed by atoms with Gasteiger partial charge in [-0.2, -0.15) is 5.26 Å². The lowest BCUT2D eigenvalue weighted by Crippen LogP contribution is -2.11. The number of pyridine rings is 1. The number of nitriles is 1. The predicted octanol–water partition coefficient (Wildman–Crippen LogP) is 3.45. The number of aromatic nitrogens is 1. The van der Waals surface area contributed by atoms with Gasteiger partial charge in [0.25, 0.3) is 0 Å². The molecule has 0 aliphatic carbocycles. The molecule has 18 heavy (non-hydrogen) atoms. The Morgan fingerprint density at radius 3 is 2.56 bits per heavy atom. The third kappa shape index (κ3) is 2.02. The SMILES string of the molecule is CNc1c(C#N)cnc2ccc(C(C)(C)C)cc12. The molecule has 2 rings (SSSR count). The van der Waals surface area contributed by atoms with E-state index in [9.17, 15) is 0 Å². The lowest BCUT2D eigenvalue weighted by Gasteiger charge is -2.20. The van der Waals surface area contributed by atoms with Crippen LogP contribution in [-0.4, -0.2) is 12.0 Å². The maximum absolute atomic E-state index is 9.11. The van der Waals surface area contributed by atoms with Crippen molar-refractivity contribution in [1.82, 2.24) is 4.98 Å². The second kappa shape index (κ2) is 4.30. The van der Waals surface area contributed by atoms with Crippen LogP contribution in [0.3, 0.4) is 0 Å². The highest BCUT2D eigenvalue weighted by Crippen LogP contribution is 2.30. The summed E-state index contributed by atoms with van der Waals surface area (Å²) in [6.07, 6.45) is 1.62. The summed E-state index contributed by atoms with van der Waals surface area (Å²) >= 11 is 0. The highest BCUT2D eigenvalue weighted by Gasteiger charge is 2.15. The van der Waals surface area contributed by atoms with Crippen LogP contribution in [0, 0.1) is 11.3 Å². The van der Waals surface area contributed by atoms with E-state index in [-0.39, 0.29) is 5.41 Å². The average Bonchev–Trinajstić information content (AvgIpc) is 2.35. The topological polar surface area (TPSA) is 48.7 Å². The van der Waals surface area contributed by atoms with Crippen LogP contribution in [-0.2, 0) is 5.41 Å². The molecule has 1 aromatic carbocycles. The van der Waals surface area contributed by atoms with Crippen molar-refractivity contribution in [2.75, 3.05) is 12.4 Å². The number of hydrogen-bond donors (Lipinski definition) is 1. The number of nitrogens with one attached hydrogen (secondary N) is 1. The zero-order chi connectivity index (χ0) is 13.3. The van der Waals surface area contributed by atoms with Crippen LogP contribution in [0.5, 0.6) is 0 Å². The van der Waals surface area contributed by atoms with Crippen LogP contribution in [0.25, 0.3) is 10.9 Å². The van der Waals surface area contributed by atoms with E-state index in [0.29, 0.717) is 5.56 Å². The minimum atomic E-state index is 0.0852. The van der Waals surface area contributed by atoms with Gasteiger partial charge in [0.2, 0.25) is 0 Å². The monoisotopic (exact) mass is 239 g/mol. The number of hydrogen-bond acceptors (Lipinski definition) is 3. The summed E-state index contributed by atoms with van der Waals surface area (Å²) in [4.78, 5) is 4.32. The first-order chi connectivity index (χ1) is 8.47. The molecule has 0 atom stereocenters. The minimum Gasteiger partial charge on any atom is -0.386 e. The minimum absolute atomic E-state index is 0.0852. The van der Waals surface area contributed by atoms with Crippen LogP contribution in [0.4, 0.5) is 5.69 Å². The molecule has 0 aliphatic rings. The molecule has 3 nitrogen and oxygen atoms in total. The van der Waals surface area contributed by atoms with Crippen molar-refractivity contribution in [2.45, 2.75) is 26.2 Å². The van der Waals surface area contributed by atoms with Crippen molar-refractivity contribution in [2.24, 2.45) is 0 Å². The lowest BCUT2D eigenvalue weighted by atomic mass is 9.86. The number of anilines is 1. The van der Waals surface area contributed by atoms with Gasteiger partial charge in [-0.25, -0.2) is 0 Å². The molecule has 0 spiro atoms. The Hall–Kier alpha value is -2.08. The molecule has 92 valence electrons. The summed E-state index contributed by atoms with van der Waals surface area (Å²) in [6.45, 7) is 6.53. The normalized spacial score (nSPS) is 11.3. The van der Waals surface area contributed by atoms with E-state index in [1.54, 1.807) is 6.20 Å². The number of nitrogens with zero attached hydrogens (tertiary/aromatic N) is 2. The van der Waals surface area contributed by atoms with E-state index in [4.69, 9.17) is 5.26 Å². The molecule has 0 amide bonds. The van der Waals surface area contributed by atoms with Crippen molar-refractivity contribution in [3.63, 3.8) is 0 Å². The Bertz CT molecular complexity index is 630. The van der Waals surface area contributed by atoms with E-state index in [1.165, 1.54) is 5.56 Å². The summed E-state index contributed by atoms with van der Waals surface area (Å²) in [7, 11) is 1.83. The predicted molar refractivity (Wildman–Crippen MR) is 74.7 cm³/mol. The molecule has 0 bridgehead atoms. The summed E-state index contributed by atoms with van der Waals surface area (Å²) in [5, 5.41) is 13.2. The van der Waals surface area contributed by atoms with Crippen LogP contribution in [0.2, 0.25) is 0 Å². The molecule has 0 fully saturated rings. The molecule has 0 unspecified atom stereocenters. The molecule has 1 heterocycles. The zero-order valence-corrected chi connectivity index (χ0v) is 11.2. The van der Waals surface area contributed by atoms with Crippen LogP contribution >= 0.6 is 0 Å². The Balaban J connectivity index is 2.78. The first-order valence-electron chi connectivity index (χ1n) is 5.98. The molecular formula is C15H17N3. The van der Waals surface area contributed by atoms with Gasteiger partial charge in [-0.15, -0.1) is 0 Å². The molecule has 1 aromatic heterocycles. The molecule has 0 saturated carbocycles. The Morgan fingerprint density at radius 1 is 1.28 bits per heavy atom. The molecule has 0 saturated heterocycles. The number of rotatable bonds is 1. The maximum atomic E-state index is 9.11. The van der Waals surface area contributed by atoms with Gasteiger partial charge in [0, 0.05) is 18.6 Å². The molecule has 2 aromatic rings. The van der Waals surface area contributed by atoms with Crippen molar-refractivity contribution in [1.29, 1.82) is 5.26 Å². The molecular weight excluding hydrogens is 222 g/mol. The summed E-state index contributed by atoms with van der Waals surface area (Å²) in [6, 6.07) is 8.40. The van der Waals surface area contributed by atoms with Crippen molar-refractivity contribution < 1.29 is 0 Å². The summed E-state index contributed by atoms with van der Waals surface area (Å²) in [5.41, 5.74) is 3.67. The fraction of sp³-hybridized carbons (Fsp3) is 0.333. The van der Waals surface area contributed by atoms with E-state index in [1.807, 2.05) is 13.1 Å². The van der Waals surface area contributed by atoms with Crippen molar-refractivity contribution in [3.05, 3.63) is 35.5 Å². The smallest absolute Gasteiger partial charge is 0.103 e. The van der Waals surface area contributed by atoms with Gasteiger partial charge in [-0.05, 0) is 23.1 Å². The lowest BCUT2D eigenvalue weighted by molar-refractivity contribution is 0.591. The first-order valence-corrected chi connectivity index (χ1v) is 5.98. The van der Waals surface area contributed by atoms with E-state index < -0.39 is 0 Å². The number of fused-ring (bicyclic) bond motifs is 1. The molecule has 0 radical (unpaired) electrons. The van der Waals surface area contributed by atoms with Gasteiger partial charge in [0.15, 0.2) is 0 Å².